The highest BCUT2D eigenvalue weighted by atomic mass is 35.5. The van der Waals surface area contributed by atoms with Crippen molar-refractivity contribution in [3.05, 3.63) is 0 Å². The predicted octanol–water partition coefficient (Wildman–Crippen LogP) is -1.02. The van der Waals surface area contributed by atoms with Crippen molar-refractivity contribution in [1.82, 2.24) is 0 Å². The molecule has 0 aliphatic rings. The van der Waals surface area contributed by atoms with E-state index in [-0.39, 0.29) is 43.1 Å². The molecule has 5 nitrogen and oxygen atoms in total. The first kappa shape index (κ1) is 16.7. The second-order valence-electron chi connectivity index (χ2n) is 1.64. The Morgan fingerprint density at radius 2 is 1.73 bits per heavy atom. The van der Waals surface area contributed by atoms with E-state index in [4.69, 9.17) is 10.8 Å². The molecule has 11 heavy (non-hydrogen) atoms. The van der Waals surface area contributed by atoms with Crippen LogP contribution in [0.1, 0.15) is 12.8 Å². The Labute approximate surface area is 70.3 Å². The van der Waals surface area contributed by atoms with Crippen LogP contribution in [0.15, 0.2) is 0 Å². The van der Waals surface area contributed by atoms with Crippen molar-refractivity contribution in [2.24, 2.45) is 5.73 Å². The molecule has 68 valence electrons. The number of rotatable bonds is 4. The number of aliphatic carboxylic acids is 1. The molecule has 0 aliphatic carbocycles. The molecular formula is C5H12ClNO4. The number of ketones is 1. The molecule has 0 unspecified atom stereocenters. The SMILES string of the molecule is Cl.NCC(=O)CCC(=O)O.O. The number of carbonyl (C=O) groups excluding carboxylic acids is 1. The summed E-state index contributed by atoms with van der Waals surface area (Å²) < 4.78 is 0. The minimum absolute atomic E-state index is 0. The van der Waals surface area contributed by atoms with Crippen LogP contribution in [0, 0.1) is 0 Å². The Morgan fingerprint density at radius 3 is 2.00 bits per heavy atom. The maximum atomic E-state index is 10.3. The van der Waals surface area contributed by atoms with Crippen molar-refractivity contribution in [2.75, 3.05) is 6.54 Å². The third kappa shape index (κ3) is 12.5. The summed E-state index contributed by atoms with van der Waals surface area (Å²) in [5, 5.41) is 8.06. The summed E-state index contributed by atoms with van der Waals surface area (Å²) in [4.78, 5) is 20.2. The molecule has 0 aromatic carbocycles. The summed E-state index contributed by atoms with van der Waals surface area (Å²) in [6.07, 6.45) is -0.0676. The molecule has 0 rings (SSSR count). The fraction of sp³-hybridized carbons (Fsp3) is 0.600. The lowest BCUT2D eigenvalue weighted by molar-refractivity contribution is -0.138. The van der Waals surface area contributed by atoms with Gasteiger partial charge in [-0.15, -0.1) is 12.4 Å². The number of hydrogen-bond acceptors (Lipinski definition) is 3. The number of carboxylic acid groups (broad SMARTS) is 1. The van der Waals surface area contributed by atoms with Gasteiger partial charge in [-0.3, -0.25) is 9.59 Å². The molecule has 0 saturated carbocycles. The number of nitrogens with two attached hydrogens (primary N) is 1. The average molecular weight is 186 g/mol. The maximum Gasteiger partial charge on any atom is 0.303 e. The number of halogens is 1. The van der Waals surface area contributed by atoms with E-state index in [0.29, 0.717) is 0 Å². The molecular weight excluding hydrogens is 174 g/mol. The second-order valence-corrected chi connectivity index (χ2v) is 1.64. The Morgan fingerprint density at radius 1 is 1.27 bits per heavy atom. The summed E-state index contributed by atoms with van der Waals surface area (Å²) in [6.45, 7) is -0.0622. The van der Waals surface area contributed by atoms with E-state index in [1.807, 2.05) is 0 Å². The first-order valence-corrected chi connectivity index (χ1v) is 2.60. The topological polar surface area (TPSA) is 112 Å². The van der Waals surface area contributed by atoms with Crippen LogP contribution in [0.2, 0.25) is 0 Å². The van der Waals surface area contributed by atoms with E-state index in [1.54, 1.807) is 0 Å². The van der Waals surface area contributed by atoms with Crippen LogP contribution in [0.3, 0.4) is 0 Å². The zero-order valence-corrected chi connectivity index (χ0v) is 6.69. The van der Waals surface area contributed by atoms with Crippen LogP contribution in [-0.2, 0) is 9.59 Å². The minimum Gasteiger partial charge on any atom is -0.481 e. The summed E-state index contributed by atoms with van der Waals surface area (Å²) >= 11 is 0. The normalized spacial score (nSPS) is 7.36. The highest BCUT2D eigenvalue weighted by Crippen LogP contribution is 1.87. The van der Waals surface area contributed by atoms with Crippen molar-refractivity contribution < 1.29 is 20.2 Å². The van der Waals surface area contributed by atoms with Gasteiger partial charge in [-0.2, -0.15) is 0 Å². The molecule has 0 aromatic rings. The molecule has 0 radical (unpaired) electrons. The zero-order valence-electron chi connectivity index (χ0n) is 5.87. The van der Waals surface area contributed by atoms with E-state index in [2.05, 4.69) is 0 Å². The number of carbonyl (C=O) groups is 2. The first-order chi connectivity index (χ1) is 4.16. The highest BCUT2D eigenvalue weighted by molar-refractivity contribution is 5.85. The average Bonchev–Trinajstić information content (AvgIpc) is 1.83. The molecule has 0 fully saturated rings. The number of hydrogen-bond donors (Lipinski definition) is 2. The van der Waals surface area contributed by atoms with Crippen molar-refractivity contribution in [3.8, 4) is 0 Å². The number of carboxylic acids is 1. The van der Waals surface area contributed by atoms with Crippen molar-refractivity contribution >= 4 is 24.2 Å². The fourth-order valence-electron chi connectivity index (χ4n) is 0.348. The summed E-state index contributed by atoms with van der Waals surface area (Å²) in [5.74, 6) is -1.17. The third-order valence-electron chi connectivity index (χ3n) is 0.845. The fourth-order valence-corrected chi connectivity index (χ4v) is 0.348. The number of Topliss-reactive ketones (excluding diaryl/α,β-unsaturated/α-hetero) is 1. The van der Waals surface area contributed by atoms with Gasteiger partial charge in [-0.1, -0.05) is 0 Å². The quantitative estimate of drug-likeness (QED) is 0.584. The van der Waals surface area contributed by atoms with Crippen molar-refractivity contribution in [3.63, 3.8) is 0 Å². The molecule has 0 heterocycles. The Bertz CT molecular complexity index is 128. The Hall–Kier alpha value is -0.650. The van der Waals surface area contributed by atoms with E-state index in [9.17, 15) is 9.59 Å². The smallest absolute Gasteiger partial charge is 0.303 e. The van der Waals surface area contributed by atoms with E-state index in [0.717, 1.165) is 0 Å². The van der Waals surface area contributed by atoms with Crippen LogP contribution in [0.5, 0.6) is 0 Å². The largest absolute Gasteiger partial charge is 0.481 e. The Kier molecular flexibility index (Phi) is 14.2. The maximum absolute atomic E-state index is 10.3. The molecule has 0 aliphatic heterocycles. The lowest BCUT2D eigenvalue weighted by Crippen LogP contribution is -2.14. The highest BCUT2D eigenvalue weighted by Gasteiger charge is 2.01. The van der Waals surface area contributed by atoms with Gasteiger partial charge >= 0.3 is 5.97 Å². The summed E-state index contributed by atoms with van der Waals surface area (Å²) in [7, 11) is 0. The Balaban J connectivity index is -0.000000320. The molecule has 0 aromatic heterocycles. The zero-order chi connectivity index (χ0) is 7.28. The van der Waals surface area contributed by atoms with E-state index in [1.165, 1.54) is 0 Å². The van der Waals surface area contributed by atoms with Crippen molar-refractivity contribution in [2.45, 2.75) is 12.8 Å². The summed E-state index contributed by atoms with van der Waals surface area (Å²) in [5.41, 5.74) is 4.92. The molecule has 0 saturated heterocycles. The van der Waals surface area contributed by atoms with Gasteiger partial charge in [0.15, 0.2) is 0 Å². The minimum atomic E-state index is -0.961. The predicted molar refractivity (Wildman–Crippen MR) is 41.8 cm³/mol. The molecule has 0 amide bonds. The van der Waals surface area contributed by atoms with Gasteiger partial charge in [0.2, 0.25) is 0 Å². The van der Waals surface area contributed by atoms with Gasteiger partial charge in [-0.25, -0.2) is 0 Å². The second kappa shape index (κ2) is 9.35. The third-order valence-corrected chi connectivity index (χ3v) is 0.845. The monoisotopic (exact) mass is 185 g/mol. The first-order valence-electron chi connectivity index (χ1n) is 2.60. The molecule has 0 spiro atoms. The van der Waals surface area contributed by atoms with Gasteiger partial charge in [0.05, 0.1) is 13.0 Å². The molecule has 0 atom stereocenters. The lowest BCUT2D eigenvalue weighted by atomic mass is 10.2. The lowest BCUT2D eigenvalue weighted by Gasteiger charge is -1.90. The van der Waals surface area contributed by atoms with Crippen LogP contribution < -0.4 is 5.73 Å². The van der Waals surface area contributed by atoms with Crippen LogP contribution in [0.25, 0.3) is 0 Å². The summed E-state index contributed by atoms with van der Waals surface area (Å²) in [6, 6.07) is 0. The van der Waals surface area contributed by atoms with E-state index >= 15 is 0 Å². The van der Waals surface area contributed by atoms with Gasteiger partial charge in [0, 0.05) is 6.42 Å². The van der Waals surface area contributed by atoms with E-state index < -0.39 is 5.97 Å². The van der Waals surface area contributed by atoms with Crippen molar-refractivity contribution in [1.29, 1.82) is 0 Å². The van der Waals surface area contributed by atoms with Crippen LogP contribution in [0.4, 0.5) is 0 Å². The van der Waals surface area contributed by atoms with Crippen LogP contribution >= 0.6 is 12.4 Å². The van der Waals surface area contributed by atoms with Gasteiger partial charge in [-0.05, 0) is 0 Å². The molecule has 5 N–H and O–H groups in total. The van der Waals surface area contributed by atoms with Gasteiger partial charge in [0.25, 0.3) is 0 Å². The standard InChI is InChI=1S/C5H9NO3.ClH.H2O/c6-3-4(7)1-2-5(8)9;;/h1-3,6H2,(H,8,9);1H;1H2. The van der Waals surface area contributed by atoms with Gasteiger partial charge in [0.1, 0.15) is 5.78 Å². The molecule has 6 heteroatoms. The van der Waals surface area contributed by atoms with Crippen LogP contribution in [-0.4, -0.2) is 28.9 Å². The van der Waals surface area contributed by atoms with Gasteiger partial charge < -0.3 is 16.3 Å². The molecule has 0 bridgehead atoms.